The second-order valence-electron chi connectivity index (χ2n) is 6.28. The highest BCUT2D eigenvalue weighted by Gasteiger charge is 2.28. The van der Waals surface area contributed by atoms with Gasteiger partial charge in [0.1, 0.15) is 6.54 Å². The van der Waals surface area contributed by atoms with Crippen LogP contribution < -0.4 is 5.32 Å². The molecule has 116 valence electrons. The predicted molar refractivity (Wildman–Crippen MR) is 78.7 cm³/mol. The number of nitrogens with zero attached hydrogens (tertiary/aromatic N) is 1. The van der Waals surface area contributed by atoms with Gasteiger partial charge >= 0.3 is 12.0 Å². The quantitative estimate of drug-likeness (QED) is 0.755. The molecule has 0 spiro atoms. The minimum absolute atomic E-state index is 0.0857. The van der Waals surface area contributed by atoms with Gasteiger partial charge in [0, 0.05) is 12.1 Å². The lowest BCUT2D eigenvalue weighted by Gasteiger charge is -2.29. The van der Waals surface area contributed by atoms with Crippen molar-refractivity contribution in [2.24, 2.45) is 5.92 Å². The van der Waals surface area contributed by atoms with E-state index in [1.165, 1.54) is 4.90 Å². The SMILES string of the molecule is CC(C)CCC(C)NC(=O)N(CC(=O)O)C1CCCC1. The molecule has 1 aliphatic carbocycles. The van der Waals surface area contributed by atoms with Gasteiger partial charge in [-0.2, -0.15) is 0 Å². The monoisotopic (exact) mass is 284 g/mol. The van der Waals surface area contributed by atoms with Crippen molar-refractivity contribution in [3.05, 3.63) is 0 Å². The summed E-state index contributed by atoms with van der Waals surface area (Å²) >= 11 is 0. The average molecular weight is 284 g/mol. The molecular formula is C15H28N2O3. The Balaban J connectivity index is 2.51. The highest BCUT2D eigenvalue weighted by atomic mass is 16.4. The third-order valence-corrected chi connectivity index (χ3v) is 3.88. The molecule has 1 fully saturated rings. The second kappa shape index (κ2) is 8.12. The van der Waals surface area contributed by atoms with Crippen LogP contribution in [0.5, 0.6) is 0 Å². The number of carbonyl (C=O) groups excluding carboxylic acids is 1. The Morgan fingerprint density at radius 3 is 2.30 bits per heavy atom. The number of carboxylic acid groups (broad SMARTS) is 1. The van der Waals surface area contributed by atoms with Gasteiger partial charge in [0.05, 0.1) is 0 Å². The Hall–Kier alpha value is -1.26. The Bertz CT molecular complexity index is 325. The van der Waals surface area contributed by atoms with E-state index in [0.717, 1.165) is 38.5 Å². The van der Waals surface area contributed by atoms with Crippen molar-refractivity contribution >= 4 is 12.0 Å². The summed E-state index contributed by atoms with van der Waals surface area (Å²) in [6, 6.07) is -0.0541. The van der Waals surface area contributed by atoms with E-state index in [1.807, 2.05) is 6.92 Å². The van der Waals surface area contributed by atoms with Crippen LogP contribution in [0.4, 0.5) is 4.79 Å². The van der Waals surface area contributed by atoms with E-state index < -0.39 is 5.97 Å². The van der Waals surface area contributed by atoms with Gasteiger partial charge in [0.15, 0.2) is 0 Å². The minimum atomic E-state index is -0.943. The number of hydrogen-bond acceptors (Lipinski definition) is 2. The number of carboxylic acids is 1. The highest BCUT2D eigenvalue weighted by molar-refractivity contribution is 5.80. The summed E-state index contributed by atoms with van der Waals surface area (Å²) in [7, 11) is 0. The van der Waals surface area contributed by atoms with E-state index in [2.05, 4.69) is 19.2 Å². The molecule has 0 aromatic rings. The smallest absolute Gasteiger partial charge is 0.323 e. The van der Waals surface area contributed by atoms with E-state index in [0.29, 0.717) is 5.92 Å². The number of nitrogens with one attached hydrogen (secondary N) is 1. The molecule has 0 radical (unpaired) electrons. The number of amides is 2. The summed E-state index contributed by atoms with van der Waals surface area (Å²) in [5.74, 6) is -0.332. The van der Waals surface area contributed by atoms with Gasteiger partial charge in [-0.3, -0.25) is 4.79 Å². The van der Waals surface area contributed by atoms with Crippen molar-refractivity contribution in [3.8, 4) is 0 Å². The lowest BCUT2D eigenvalue weighted by Crippen LogP contribution is -2.49. The topological polar surface area (TPSA) is 69.6 Å². The molecule has 5 heteroatoms. The van der Waals surface area contributed by atoms with Crippen molar-refractivity contribution in [3.63, 3.8) is 0 Å². The number of aliphatic carboxylic acids is 1. The molecule has 0 aliphatic heterocycles. The largest absolute Gasteiger partial charge is 0.480 e. The molecule has 20 heavy (non-hydrogen) atoms. The molecule has 0 bridgehead atoms. The van der Waals surface area contributed by atoms with Gasteiger partial charge in [0.2, 0.25) is 0 Å². The Morgan fingerprint density at radius 2 is 1.80 bits per heavy atom. The predicted octanol–water partition coefficient (Wildman–Crippen LogP) is 2.85. The van der Waals surface area contributed by atoms with E-state index in [4.69, 9.17) is 5.11 Å². The van der Waals surface area contributed by atoms with Crippen LogP contribution in [0.25, 0.3) is 0 Å². The van der Waals surface area contributed by atoms with Gasteiger partial charge in [-0.05, 0) is 38.5 Å². The van der Waals surface area contributed by atoms with Crippen molar-refractivity contribution in [2.45, 2.75) is 71.4 Å². The van der Waals surface area contributed by atoms with Gasteiger partial charge in [0.25, 0.3) is 0 Å². The maximum Gasteiger partial charge on any atom is 0.323 e. The number of rotatable bonds is 7. The molecule has 1 unspecified atom stereocenters. The summed E-state index contributed by atoms with van der Waals surface area (Å²) in [4.78, 5) is 24.7. The lowest BCUT2D eigenvalue weighted by atomic mass is 10.0. The van der Waals surface area contributed by atoms with Crippen molar-refractivity contribution < 1.29 is 14.7 Å². The first-order valence-corrected chi connectivity index (χ1v) is 7.69. The van der Waals surface area contributed by atoms with E-state index >= 15 is 0 Å². The minimum Gasteiger partial charge on any atom is -0.480 e. The zero-order valence-corrected chi connectivity index (χ0v) is 12.9. The molecule has 1 saturated carbocycles. The average Bonchev–Trinajstić information content (AvgIpc) is 2.86. The third-order valence-electron chi connectivity index (χ3n) is 3.88. The molecule has 2 N–H and O–H groups in total. The number of urea groups is 1. The van der Waals surface area contributed by atoms with Gasteiger partial charge in [-0.25, -0.2) is 4.79 Å². The Kier molecular flexibility index (Phi) is 6.82. The third kappa shape index (κ3) is 5.80. The summed E-state index contributed by atoms with van der Waals surface area (Å²) in [5, 5.41) is 11.9. The summed E-state index contributed by atoms with van der Waals surface area (Å²) in [6.45, 7) is 6.09. The summed E-state index contributed by atoms with van der Waals surface area (Å²) in [6.07, 6.45) is 5.98. The lowest BCUT2D eigenvalue weighted by molar-refractivity contribution is -0.138. The van der Waals surface area contributed by atoms with Crippen LogP contribution in [0, 0.1) is 5.92 Å². The fraction of sp³-hybridized carbons (Fsp3) is 0.867. The molecule has 0 heterocycles. The van der Waals surface area contributed by atoms with E-state index in [1.54, 1.807) is 0 Å². The number of carbonyl (C=O) groups is 2. The van der Waals surface area contributed by atoms with Crippen LogP contribution in [-0.2, 0) is 4.79 Å². The fourth-order valence-electron chi connectivity index (χ4n) is 2.68. The maximum absolute atomic E-state index is 12.3. The zero-order chi connectivity index (χ0) is 15.1. The van der Waals surface area contributed by atoms with E-state index in [9.17, 15) is 9.59 Å². The Morgan fingerprint density at radius 1 is 1.20 bits per heavy atom. The molecule has 1 rings (SSSR count). The Labute approximate surface area is 121 Å². The molecular weight excluding hydrogens is 256 g/mol. The first-order chi connectivity index (χ1) is 9.40. The van der Waals surface area contributed by atoms with Crippen LogP contribution in [0.3, 0.4) is 0 Å². The van der Waals surface area contributed by atoms with Gasteiger partial charge in [-0.1, -0.05) is 26.7 Å². The fourth-order valence-corrected chi connectivity index (χ4v) is 2.68. The first-order valence-electron chi connectivity index (χ1n) is 7.69. The van der Waals surface area contributed by atoms with Crippen LogP contribution in [0.2, 0.25) is 0 Å². The van der Waals surface area contributed by atoms with Crippen LogP contribution >= 0.6 is 0 Å². The van der Waals surface area contributed by atoms with Crippen LogP contribution in [-0.4, -0.2) is 40.6 Å². The molecule has 0 aromatic heterocycles. The molecule has 1 atom stereocenters. The zero-order valence-electron chi connectivity index (χ0n) is 12.9. The molecule has 5 nitrogen and oxygen atoms in total. The summed E-state index contributed by atoms with van der Waals surface area (Å²) in [5.41, 5.74) is 0. The van der Waals surface area contributed by atoms with Crippen molar-refractivity contribution in [1.82, 2.24) is 10.2 Å². The molecule has 0 saturated heterocycles. The number of hydrogen-bond donors (Lipinski definition) is 2. The van der Waals surface area contributed by atoms with Gasteiger partial charge < -0.3 is 15.3 Å². The van der Waals surface area contributed by atoms with Crippen molar-refractivity contribution in [2.75, 3.05) is 6.54 Å². The van der Waals surface area contributed by atoms with E-state index in [-0.39, 0.29) is 24.7 Å². The van der Waals surface area contributed by atoms with Crippen molar-refractivity contribution in [1.29, 1.82) is 0 Å². The highest BCUT2D eigenvalue weighted by Crippen LogP contribution is 2.23. The van der Waals surface area contributed by atoms with Crippen LogP contribution in [0.1, 0.15) is 59.3 Å². The first kappa shape index (κ1) is 16.8. The normalized spacial score (nSPS) is 17.2. The summed E-state index contributed by atoms with van der Waals surface area (Å²) < 4.78 is 0. The maximum atomic E-state index is 12.3. The van der Waals surface area contributed by atoms with Gasteiger partial charge in [-0.15, -0.1) is 0 Å². The molecule has 0 aromatic carbocycles. The van der Waals surface area contributed by atoms with Crippen LogP contribution in [0.15, 0.2) is 0 Å². The standard InChI is InChI=1S/C15H28N2O3/c1-11(2)8-9-12(3)16-15(20)17(10-14(18)19)13-6-4-5-7-13/h11-13H,4-10H2,1-3H3,(H,16,20)(H,18,19). The molecule has 2 amide bonds. The molecule has 1 aliphatic rings. The second-order valence-corrected chi connectivity index (χ2v) is 6.28.